The first-order valence-corrected chi connectivity index (χ1v) is 8.16. The molecule has 1 heterocycles. The quantitative estimate of drug-likeness (QED) is 0.576. The predicted octanol–water partition coefficient (Wildman–Crippen LogP) is 5.43. The third kappa shape index (κ3) is 3.44. The van der Waals surface area contributed by atoms with E-state index in [1.54, 1.807) is 23.5 Å². The van der Waals surface area contributed by atoms with E-state index in [9.17, 15) is 4.79 Å². The molecular formula is C12H7Br3O2S. The predicted molar refractivity (Wildman–Crippen MR) is 83.6 cm³/mol. The highest BCUT2D eigenvalue weighted by molar-refractivity contribution is 9.11. The van der Waals surface area contributed by atoms with Crippen molar-refractivity contribution >= 4 is 65.4 Å². The van der Waals surface area contributed by atoms with Crippen molar-refractivity contribution in [2.24, 2.45) is 0 Å². The molecule has 0 spiro atoms. The molecule has 0 N–H and O–H groups in total. The summed E-state index contributed by atoms with van der Waals surface area (Å²) < 4.78 is 8.32. The van der Waals surface area contributed by atoms with Crippen LogP contribution in [0.15, 0.2) is 37.0 Å². The number of thiophene rings is 1. The minimum Gasteiger partial charge on any atom is -0.486 e. The Bertz CT molecular complexity index is 557. The van der Waals surface area contributed by atoms with Crippen LogP contribution in [0.2, 0.25) is 0 Å². The van der Waals surface area contributed by atoms with Gasteiger partial charge in [-0.2, -0.15) is 0 Å². The summed E-state index contributed by atoms with van der Waals surface area (Å²) in [6.45, 7) is 0.494. The van der Waals surface area contributed by atoms with E-state index in [0.29, 0.717) is 17.9 Å². The SMILES string of the molecule is O=Cc1cc(Br)c(OCc2cc(Br)cs2)c(Br)c1. The lowest BCUT2D eigenvalue weighted by molar-refractivity contribution is 0.112. The number of benzene rings is 1. The Morgan fingerprint density at radius 1 is 1.17 bits per heavy atom. The van der Waals surface area contributed by atoms with Crippen molar-refractivity contribution in [3.8, 4) is 5.75 Å². The maximum absolute atomic E-state index is 10.7. The summed E-state index contributed by atoms with van der Waals surface area (Å²) in [6.07, 6.45) is 0.801. The molecule has 94 valence electrons. The van der Waals surface area contributed by atoms with Gasteiger partial charge in [0.05, 0.1) is 8.95 Å². The highest BCUT2D eigenvalue weighted by atomic mass is 79.9. The molecule has 0 aliphatic heterocycles. The minimum absolute atomic E-state index is 0.494. The number of carbonyl (C=O) groups excluding carboxylic acids is 1. The molecule has 0 atom stereocenters. The number of hydrogen-bond acceptors (Lipinski definition) is 3. The fourth-order valence-corrected chi connectivity index (χ4v) is 4.17. The van der Waals surface area contributed by atoms with Gasteiger partial charge in [0.15, 0.2) is 0 Å². The van der Waals surface area contributed by atoms with Gasteiger partial charge in [-0.1, -0.05) is 0 Å². The fraction of sp³-hybridized carbons (Fsp3) is 0.0833. The maximum atomic E-state index is 10.7. The first-order valence-electron chi connectivity index (χ1n) is 4.90. The van der Waals surface area contributed by atoms with Crippen molar-refractivity contribution in [1.29, 1.82) is 0 Å². The maximum Gasteiger partial charge on any atom is 0.150 e. The van der Waals surface area contributed by atoms with Crippen LogP contribution < -0.4 is 4.74 Å². The Kier molecular flexibility index (Phi) is 5.00. The fourth-order valence-electron chi connectivity index (χ4n) is 1.36. The Morgan fingerprint density at radius 3 is 2.33 bits per heavy atom. The van der Waals surface area contributed by atoms with Crippen LogP contribution >= 0.6 is 59.1 Å². The Hall–Kier alpha value is -0.170. The van der Waals surface area contributed by atoms with Gasteiger partial charge < -0.3 is 4.74 Å². The summed E-state index contributed by atoms with van der Waals surface area (Å²) in [7, 11) is 0. The summed E-state index contributed by atoms with van der Waals surface area (Å²) in [5.74, 6) is 0.699. The van der Waals surface area contributed by atoms with Crippen LogP contribution in [0.1, 0.15) is 15.2 Å². The van der Waals surface area contributed by atoms with Gasteiger partial charge in [-0.3, -0.25) is 4.79 Å². The molecule has 0 unspecified atom stereocenters. The van der Waals surface area contributed by atoms with Crippen LogP contribution in [-0.2, 0) is 6.61 Å². The molecule has 0 amide bonds. The van der Waals surface area contributed by atoms with E-state index >= 15 is 0 Å². The van der Waals surface area contributed by atoms with E-state index in [-0.39, 0.29) is 0 Å². The van der Waals surface area contributed by atoms with Crippen LogP contribution in [0.3, 0.4) is 0 Å². The molecule has 0 bridgehead atoms. The first-order chi connectivity index (χ1) is 8.60. The van der Waals surface area contributed by atoms with Gasteiger partial charge in [-0.15, -0.1) is 11.3 Å². The minimum atomic E-state index is 0.494. The number of carbonyl (C=O) groups is 1. The highest BCUT2D eigenvalue weighted by Crippen LogP contribution is 2.35. The molecule has 1 aromatic carbocycles. The monoisotopic (exact) mass is 452 g/mol. The van der Waals surface area contributed by atoms with Gasteiger partial charge in [0, 0.05) is 20.3 Å². The molecule has 2 nitrogen and oxygen atoms in total. The van der Waals surface area contributed by atoms with E-state index < -0.39 is 0 Å². The van der Waals surface area contributed by atoms with Crippen molar-refractivity contribution in [3.05, 3.63) is 47.4 Å². The van der Waals surface area contributed by atoms with Gasteiger partial charge in [-0.25, -0.2) is 0 Å². The van der Waals surface area contributed by atoms with Gasteiger partial charge in [0.25, 0.3) is 0 Å². The Morgan fingerprint density at radius 2 is 1.83 bits per heavy atom. The van der Waals surface area contributed by atoms with Crippen molar-refractivity contribution in [2.45, 2.75) is 6.61 Å². The summed E-state index contributed by atoms with van der Waals surface area (Å²) in [4.78, 5) is 11.8. The summed E-state index contributed by atoms with van der Waals surface area (Å²) in [5, 5.41) is 2.01. The summed E-state index contributed by atoms with van der Waals surface area (Å²) in [6, 6.07) is 5.49. The molecule has 6 heteroatoms. The molecule has 0 radical (unpaired) electrons. The van der Waals surface area contributed by atoms with E-state index in [1.165, 1.54) is 0 Å². The smallest absolute Gasteiger partial charge is 0.150 e. The van der Waals surface area contributed by atoms with Gasteiger partial charge in [0.2, 0.25) is 0 Å². The lowest BCUT2D eigenvalue weighted by Gasteiger charge is -2.09. The number of hydrogen-bond donors (Lipinski definition) is 0. The van der Waals surface area contributed by atoms with E-state index in [0.717, 1.165) is 24.6 Å². The van der Waals surface area contributed by atoms with Crippen molar-refractivity contribution in [2.75, 3.05) is 0 Å². The molecular weight excluding hydrogens is 448 g/mol. The van der Waals surface area contributed by atoms with E-state index in [2.05, 4.69) is 47.8 Å². The van der Waals surface area contributed by atoms with Crippen molar-refractivity contribution in [1.82, 2.24) is 0 Å². The molecule has 2 rings (SSSR count). The second-order valence-electron chi connectivity index (χ2n) is 3.45. The van der Waals surface area contributed by atoms with Crippen LogP contribution in [0, 0.1) is 0 Å². The van der Waals surface area contributed by atoms with Gasteiger partial charge in [-0.05, 0) is 66.0 Å². The van der Waals surface area contributed by atoms with Crippen LogP contribution in [-0.4, -0.2) is 6.29 Å². The van der Waals surface area contributed by atoms with Crippen LogP contribution in [0.5, 0.6) is 5.75 Å². The Labute approximate surface area is 134 Å². The Balaban J connectivity index is 2.16. The van der Waals surface area contributed by atoms with Crippen molar-refractivity contribution in [3.63, 3.8) is 0 Å². The van der Waals surface area contributed by atoms with Crippen LogP contribution in [0.4, 0.5) is 0 Å². The highest BCUT2D eigenvalue weighted by Gasteiger charge is 2.09. The average molecular weight is 455 g/mol. The normalized spacial score (nSPS) is 10.4. The van der Waals surface area contributed by atoms with E-state index in [4.69, 9.17) is 4.74 Å². The number of halogens is 3. The second kappa shape index (κ2) is 6.32. The lowest BCUT2D eigenvalue weighted by Crippen LogP contribution is -1.95. The molecule has 0 aliphatic rings. The molecule has 0 saturated heterocycles. The largest absolute Gasteiger partial charge is 0.486 e. The standard InChI is InChI=1S/C12H7Br3O2S/c13-8-3-9(18-6-8)5-17-12-10(14)1-7(4-16)2-11(12)15/h1-4,6H,5H2. The topological polar surface area (TPSA) is 26.3 Å². The zero-order valence-corrected chi connectivity index (χ0v) is 14.5. The average Bonchev–Trinajstić information content (AvgIpc) is 2.73. The molecule has 0 aliphatic carbocycles. The van der Waals surface area contributed by atoms with Crippen LogP contribution in [0.25, 0.3) is 0 Å². The molecule has 0 saturated carbocycles. The third-order valence-corrected chi connectivity index (χ3v) is 4.99. The molecule has 0 fully saturated rings. The first kappa shape index (κ1) is 14.2. The third-order valence-electron chi connectivity index (χ3n) is 2.14. The second-order valence-corrected chi connectivity index (χ2v) is 7.07. The lowest BCUT2D eigenvalue weighted by atomic mass is 10.2. The van der Waals surface area contributed by atoms with E-state index in [1.807, 2.05) is 11.4 Å². The number of ether oxygens (including phenoxy) is 1. The number of rotatable bonds is 4. The zero-order valence-electron chi connectivity index (χ0n) is 8.95. The van der Waals surface area contributed by atoms with Gasteiger partial charge in [0.1, 0.15) is 18.6 Å². The molecule has 2 aromatic rings. The summed E-state index contributed by atoms with van der Waals surface area (Å²) in [5.41, 5.74) is 0.597. The molecule has 18 heavy (non-hydrogen) atoms. The summed E-state index contributed by atoms with van der Waals surface area (Å²) >= 11 is 11.8. The zero-order chi connectivity index (χ0) is 13.1. The number of aldehydes is 1. The van der Waals surface area contributed by atoms with Crippen molar-refractivity contribution < 1.29 is 9.53 Å². The molecule has 1 aromatic heterocycles. The van der Waals surface area contributed by atoms with Gasteiger partial charge >= 0.3 is 0 Å².